The van der Waals surface area contributed by atoms with Gasteiger partial charge in [0.15, 0.2) is 0 Å². The van der Waals surface area contributed by atoms with Crippen molar-refractivity contribution in [3.05, 3.63) is 28.5 Å². The zero-order valence-electron chi connectivity index (χ0n) is 11.5. The molecule has 0 unspecified atom stereocenters. The second-order valence-electron chi connectivity index (χ2n) is 5.72. The van der Waals surface area contributed by atoms with Gasteiger partial charge in [0.25, 0.3) is 0 Å². The Morgan fingerprint density at radius 1 is 1.53 bits per heavy atom. The molecule has 0 bridgehead atoms. The third-order valence-corrected chi connectivity index (χ3v) is 3.69. The first kappa shape index (κ1) is 14.3. The summed E-state index contributed by atoms with van der Waals surface area (Å²) in [5.41, 5.74) is 0.585. The second kappa shape index (κ2) is 5.49. The van der Waals surface area contributed by atoms with Gasteiger partial charge in [-0.3, -0.25) is 0 Å². The highest BCUT2D eigenvalue weighted by Gasteiger charge is 2.34. The van der Waals surface area contributed by atoms with Crippen LogP contribution in [0.25, 0.3) is 0 Å². The van der Waals surface area contributed by atoms with Gasteiger partial charge in [0.1, 0.15) is 10.2 Å². The molecule has 0 radical (unpaired) electrons. The van der Waals surface area contributed by atoms with Gasteiger partial charge >= 0.3 is 6.09 Å². The van der Waals surface area contributed by atoms with Crippen LogP contribution < -0.4 is 0 Å². The molecule has 0 saturated carbocycles. The summed E-state index contributed by atoms with van der Waals surface area (Å²) in [5.74, 6) is 0. The van der Waals surface area contributed by atoms with Gasteiger partial charge in [-0.15, -0.1) is 0 Å². The van der Waals surface area contributed by atoms with E-state index in [2.05, 4.69) is 20.9 Å². The van der Waals surface area contributed by atoms with E-state index in [4.69, 9.17) is 4.74 Å². The van der Waals surface area contributed by atoms with E-state index in [0.29, 0.717) is 0 Å². The van der Waals surface area contributed by atoms with Gasteiger partial charge in [-0.2, -0.15) is 0 Å². The van der Waals surface area contributed by atoms with Crippen molar-refractivity contribution in [3.63, 3.8) is 0 Å². The number of likely N-dealkylation sites (tertiary alicyclic amines) is 1. The number of pyridine rings is 1. The first-order chi connectivity index (χ1) is 8.88. The summed E-state index contributed by atoms with van der Waals surface area (Å²) in [6.07, 6.45) is 3.43. The minimum atomic E-state index is -0.462. The molecule has 0 N–H and O–H groups in total. The average Bonchev–Trinajstić information content (AvgIpc) is 2.76. The first-order valence-corrected chi connectivity index (χ1v) is 7.28. The Labute approximate surface area is 122 Å². The minimum absolute atomic E-state index is 0.0536. The van der Waals surface area contributed by atoms with E-state index in [0.717, 1.165) is 29.6 Å². The minimum Gasteiger partial charge on any atom is -0.444 e. The SMILES string of the molecule is CC(C)(C)OC(=O)N1CCC[C@@H]1c1cccnc1Br. The molecule has 1 saturated heterocycles. The maximum Gasteiger partial charge on any atom is 0.410 e. The molecule has 4 nitrogen and oxygen atoms in total. The third kappa shape index (κ3) is 3.47. The average molecular weight is 327 g/mol. The van der Waals surface area contributed by atoms with Crippen LogP contribution in [0.1, 0.15) is 45.2 Å². The molecule has 1 aliphatic rings. The van der Waals surface area contributed by atoms with Gasteiger partial charge in [0, 0.05) is 18.3 Å². The van der Waals surface area contributed by atoms with Crippen molar-refractivity contribution in [1.29, 1.82) is 0 Å². The van der Waals surface area contributed by atoms with Crippen molar-refractivity contribution >= 4 is 22.0 Å². The van der Waals surface area contributed by atoms with Crippen LogP contribution in [-0.4, -0.2) is 28.1 Å². The van der Waals surface area contributed by atoms with Crippen molar-refractivity contribution in [2.24, 2.45) is 0 Å². The molecule has 1 aromatic rings. The lowest BCUT2D eigenvalue weighted by Crippen LogP contribution is -2.36. The Morgan fingerprint density at radius 3 is 2.89 bits per heavy atom. The van der Waals surface area contributed by atoms with Crippen LogP contribution in [0.5, 0.6) is 0 Å². The van der Waals surface area contributed by atoms with Crippen LogP contribution in [0.4, 0.5) is 4.79 Å². The molecular formula is C14H19BrN2O2. The fourth-order valence-electron chi connectivity index (χ4n) is 2.28. The monoisotopic (exact) mass is 326 g/mol. The highest BCUT2D eigenvalue weighted by molar-refractivity contribution is 9.10. The van der Waals surface area contributed by atoms with Gasteiger partial charge in [-0.05, 0) is 55.6 Å². The van der Waals surface area contributed by atoms with Crippen LogP contribution in [0, 0.1) is 0 Å². The summed E-state index contributed by atoms with van der Waals surface area (Å²) >= 11 is 3.45. The zero-order valence-corrected chi connectivity index (χ0v) is 13.1. The predicted octanol–water partition coefficient (Wildman–Crippen LogP) is 3.92. The highest BCUT2D eigenvalue weighted by atomic mass is 79.9. The molecule has 1 atom stereocenters. The van der Waals surface area contributed by atoms with E-state index in [1.807, 2.05) is 32.9 Å². The summed E-state index contributed by atoms with van der Waals surface area (Å²) < 4.78 is 6.27. The number of carbonyl (C=O) groups is 1. The van der Waals surface area contributed by atoms with Gasteiger partial charge in [0.05, 0.1) is 6.04 Å². The molecule has 1 fully saturated rings. The second-order valence-corrected chi connectivity index (χ2v) is 6.47. The third-order valence-electron chi connectivity index (χ3n) is 3.03. The van der Waals surface area contributed by atoms with E-state index < -0.39 is 5.60 Å². The van der Waals surface area contributed by atoms with E-state index in [9.17, 15) is 4.79 Å². The number of ether oxygens (including phenoxy) is 1. The summed E-state index contributed by atoms with van der Waals surface area (Å²) in [4.78, 5) is 18.3. The molecule has 5 heteroatoms. The van der Waals surface area contributed by atoms with E-state index in [1.54, 1.807) is 11.1 Å². The summed E-state index contributed by atoms with van der Waals surface area (Å²) in [6.45, 7) is 6.39. The largest absolute Gasteiger partial charge is 0.444 e. The van der Waals surface area contributed by atoms with Gasteiger partial charge in [-0.25, -0.2) is 9.78 Å². The highest BCUT2D eigenvalue weighted by Crippen LogP contribution is 2.35. The number of rotatable bonds is 1. The van der Waals surface area contributed by atoms with E-state index in [-0.39, 0.29) is 12.1 Å². The lowest BCUT2D eigenvalue weighted by Gasteiger charge is -2.29. The quantitative estimate of drug-likeness (QED) is 0.734. The lowest BCUT2D eigenvalue weighted by molar-refractivity contribution is 0.0224. The molecule has 2 rings (SSSR count). The van der Waals surface area contributed by atoms with Gasteiger partial charge in [0.2, 0.25) is 0 Å². The molecule has 1 aliphatic heterocycles. The molecule has 104 valence electrons. The van der Waals surface area contributed by atoms with Gasteiger partial charge < -0.3 is 9.64 Å². The number of amides is 1. The summed E-state index contributed by atoms with van der Waals surface area (Å²) in [7, 11) is 0. The molecule has 0 aromatic carbocycles. The zero-order chi connectivity index (χ0) is 14.0. The Balaban J connectivity index is 2.18. The van der Waals surface area contributed by atoms with Crippen molar-refractivity contribution in [2.45, 2.75) is 45.3 Å². The standard InChI is InChI=1S/C14H19BrN2O2/c1-14(2,3)19-13(18)17-9-5-7-11(17)10-6-4-8-16-12(10)15/h4,6,8,11H,5,7,9H2,1-3H3/t11-/m1/s1. The van der Waals surface area contributed by atoms with Crippen molar-refractivity contribution < 1.29 is 9.53 Å². The van der Waals surface area contributed by atoms with Crippen LogP contribution in [0.3, 0.4) is 0 Å². The van der Waals surface area contributed by atoms with Crippen LogP contribution in [0.15, 0.2) is 22.9 Å². The van der Waals surface area contributed by atoms with Crippen molar-refractivity contribution in [1.82, 2.24) is 9.88 Å². The maximum absolute atomic E-state index is 12.2. The van der Waals surface area contributed by atoms with Crippen molar-refractivity contribution in [2.75, 3.05) is 6.54 Å². The fraction of sp³-hybridized carbons (Fsp3) is 0.571. The molecule has 1 aromatic heterocycles. The van der Waals surface area contributed by atoms with Crippen molar-refractivity contribution in [3.8, 4) is 0 Å². The number of aromatic nitrogens is 1. The Morgan fingerprint density at radius 2 is 2.26 bits per heavy atom. The Hall–Kier alpha value is -1.10. The topological polar surface area (TPSA) is 42.4 Å². The summed E-state index contributed by atoms with van der Waals surface area (Å²) in [6, 6.07) is 3.95. The normalized spacial score (nSPS) is 19.6. The molecule has 1 amide bonds. The van der Waals surface area contributed by atoms with Crippen LogP contribution >= 0.6 is 15.9 Å². The van der Waals surface area contributed by atoms with E-state index >= 15 is 0 Å². The predicted molar refractivity (Wildman–Crippen MR) is 76.9 cm³/mol. The Kier molecular flexibility index (Phi) is 4.13. The smallest absolute Gasteiger partial charge is 0.410 e. The Bertz CT molecular complexity index is 471. The first-order valence-electron chi connectivity index (χ1n) is 6.48. The maximum atomic E-state index is 12.2. The molecule has 0 spiro atoms. The number of carbonyl (C=O) groups excluding carboxylic acids is 1. The fourth-order valence-corrected chi connectivity index (χ4v) is 2.79. The van der Waals surface area contributed by atoms with Crippen LogP contribution in [0.2, 0.25) is 0 Å². The number of hydrogen-bond donors (Lipinski definition) is 0. The molecule has 19 heavy (non-hydrogen) atoms. The number of nitrogens with zero attached hydrogens (tertiary/aromatic N) is 2. The molecule has 0 aliphatic carbocycles. The number of hydrogen-bond acceptors (Lipinski definition) is 3. The molecule has 2 heterocycles. The van der Waals surface area contributed by atoms with Crippen LogP contribution in [-0.2, 0) is 4.74 Å². The lowest BCUT2D eigenvalue weighted by atomic mass is 10.1. The number of halogens is 1. The van der Waals surface area contributed by atoms with E-state index in [1.165, 1.54) is 0 Å². The van der Waals surface area contributed by atoms with Gasteiger partial charge in [-0.1, -0.05) is 6.07 Å². The summed E-state index contributed by atoms with van der Waals surface area (Å²) in [5, 5.41) is 0. The molecular weight excluding hydrogens is 308 g/mol.